The van der Waals surface area contributed by atoms with Crippen LogP contribution in [0.15, 0.2) is 24.3 Å². The van der Waals surface area contributed by atoms with Crippen molar-refractivity contribution in [1.29, 1.82) is 0 Å². The Labute approximate surface area is 98.8 Å². The molecule has 0 radical (unpaired) electrons. The van der Waals surface area contributed by atoms with E-state index in [1.54, 1.807) is 29.2 Å². The van der Waals surface area contributed by atoms with Crippen LogP contribution in [0.5, 0.6) is 0 Å². The SMILES string of the molecule is NC1CC(=O)N(c2cccc(CC(=O)O)c2)C1. The maximum absolute atomic E-state index is 11.6. The molecule has 5 nitrogen and oxygen atoms in total. The smallest absolute Gasteiger partial charge is 0.307 e. The molecule has 1 heterocycles. The van der Waals surface area contributed by atoms with Gasteiger partial charge in [-0.2, -0.15) is 0 Å². The Bertz CT molecular complexity index is 459. The summed E-state index contributed by atoms with van der Waals surface area (Å²) in [5.74, 6) is -0.892. The molecule has 90 valence electrons. The fourth-order valence-corrected chi connectivity index (χ4v) is 1.99. The minimum atomic E-state index is -0.883. The number of hydrogen-bond donors (Lipinski definition) is 2. The molecule has 0 aliphatic carbocycles. The third kappa shape index (κ3) is 2.62. The van der Waals surface area contributed by atoms with Crippen molar-refractivity contribution in [2.24, 2.45) is 5.73 Å². The van der Waals surface area contributed by atoms with E-state index in [-0.39, 0.29) is 18.4 Å². The Balaban J connectivity index is 2.21. The first kappa shape index (κ1) is 11.6. The summed E-state index contributed by atoms with van der Waals surface area (Å²) in [6.07, 6.45) is 0.311. The molecule has 1 aromatic rings. The van der Waals surface area contributed by atoms with Gasteiger partial charge in [-0.05, 0) is 17.7 Å². The Morgan fingerprint density at radius 3 is 2.88 bits per heavy atom. The summed E-state index contributed by atoms with van der Waals surface area (Å²) < 4.78 is 0. The van der Waals surface area contributed by atoms with E-state index >= 15 is 0 Å². The van der Waals surface area contributed by atoms with Crippen molar-refractivity contribution in [2.45, 2.75) is 18.9 Å². The summed E-state index contributed by atoms with van der Waals surface area (Å²) in [6, 6.07) is 6.87. The van der Waals surface area contributed by atoms with E-state index in [1.165, 1.54) is 0 Å². The summed E-state index contributed by atoms with van der Waals surface area (Å²) >= 11 is 0. The first-order chi connectivity index (χ1) is 8.06. The molecular formula is C12H14N2O3. The van der Waals surface area contributed by atoms with Crippen molar-refractivity contribution in [3.8, 4) is 0 Å². The molecule has 1 atom stereocenters. The summed E-state index contributed by atoms with van der Waals surface area (Å²) in [5, 5.41) is 8.72. The summed E-state index contributed by atoms with van der Waals surface area (Å²) in [7, 11) is 0. The molecule has 0 spiro atoms. The van der Waals surface area contributed by atoms with Crippen LogP contribution in [0.3, 0.4) is 0 Å². The molecule has 1 aliphatic rings. The fraction of sp³-hybridized carbons (Fsp3) is 0.333. The highest BCUT2D eigenvalue weighted by Crippen LogP contribution is 2.22. The topological polar surface area (TPSA) is 83.6 Å². The Hall–Kier alpha value is -1.88. The third-order valence-corrected chi connectivity index (χ3v) is 2.73. The molecule has 5 heteroatoms. The number of carboxylic acid groups (broad SMARTS) is 1. The average Bonchev–Trinajstić information content (AvgIpc) is 2.57. The van der Waals surface area contributed by atoms with Gasteiger partial charge in [0.2, 0.25) is 5.91 Å². The number of carbonyl (C=O) groups is 2. The van der Waals surface area contributed by atoms with E-state index in [1.807, 2.05) is 0 Å². The van der Waals surface area contributed by atoms with Gasteiger partial charge < -0.3 is 15.7 Å². The molecule has 3 N–H and O–H groups in total. The normalized spacial score (nSPS) is 19.7. The van der Waals surface area contributed by atoms with Crippen molar-refractivity contribution >= 4 is 17.6 Å². The van der Waals surface area contributed by atoms with E-state index in [0.717, 1.165) is 5.69 Å². The number of aliphatic carboxylic acids is 1. The molecule has 1 amide bonds. The zero-order valence-electron chi connectivity index (χ0n) is 9.30. The quantitative estimate of drug-likeness (QED) is 0.791. The Morgan fingerprint density at radius 1 is 1.53 bits per heavy atom. The Kier molecular flexibility index (Phi) is 3.10. The van der Waals surface area contributed by atoms with Crippen molar-refractivity contribution in [2.75, 3.05) is 11.4 Å². The monoisotopic (exact) mass is 234 g/mol. The molecule has 1 fully saturated rings. The van der Waals surface area contributed by atoms with Gasteiger partial charge in [0, 0.05) is 24.7 Å². The number of hydrogen-bond acceptors (Lipinski definition) is 3. The zero-order valence-corrected chi connectivity index (χ0v) is 9.30. The summed E-state index contributed by atoms with van der Waals surface area (Å²) in [4.78, 5) is 23.9. The lowest BCUT2D eigenvalue weighted by molar-refractivity contribution is -0.136. The maximum Gasteiger partial charge on any atom is 0.307 e. The number of anilines is 1. The average molecular weight is 234 g/mol. The van der Waals surface area contributed by atoms with Crippen LogP contribution in [-0.4, -0.2) is 29.6 Å². The highest BCUT2D eigenvalue weighted by molar-refractivity contribution is 5.96. The van der Waals surface area contributed by atoms with Crippen LogP contribution < -0.4 is 10.6 Å². The van der Waals surface area contributed by atoms with Gasteiger partial charge in [-0.1, -0.05) is 12.1 Å². The van der Waals surface area contributed by atoms with Gasteiger partial charge in [0.15, 0.2) is 0 Å². The molecule has 1 saturated heterocycles. The predicted octanol–water partition coefficient (Wildman–Crippen LogP) is 0.378. The summed E-state index contributed by atoms with van der Waals surface area (Å²) in [5.41, 5.74) is 7.12. The van der Waals surface area contributed by atoms with Crippen molar-refractivity contribution in [3.05, 3.63) is 29.8 Å². The van der Waals surface area contributed by atoms with Crippen LogP contribution in [0.2, 0.25) is 0 Å². The standard InChI is InChI=1S/C12H14N2O3/c13-9-6-11(15)14(7-9)10-3-1-2-8(4-10)5-12(16)17/h1-4,9H,5-7,13H2,(H,16,17). The van der Waals surface area contributed by atoms with Crippen LogP contribution in [0.4, 0.5) is 5.69 Å². The first-order valence-corrected chi connectivity index (χ1v) is 5.43. The molecule has 0 aromatic heterocycles. The zero-order chi connectivity index (χ0) is 12.4. The minimum absolute atomic E-state index is 0.00928. The van der Waals surface area contributed by atoms with E-state index < -0.39 is 5.97 Å². The number of carbonyl (C=O) groups excluding carboxylic acids is 1. The van der Waals surface area contributed by atoms with Crippen molar-refractivity contribution < 1.29 is 14.7 Å². The number of nitrogens with two attached hydrogens (primary N) is 1. The predicted molar refractivity (Wildman–Crippen MR) is 62.7 cm³/mol. The fourth-order valence-electron chi connectivity index (χ4n) is 1.99. The van der Waals surface area contributed by atoms with E-state index in [4.69, 9.17) is 10.8 Å². The molecular weight excluding hydrogens is 220 g/mol. The van der Waals surface area contributed by atoms with Gasteiger partial charge in [-0.15, -0.1) is 0 Å². The lowest BCUT2D eigenvalue weighted by Crippen LogP contribution is -2.28. The second kappa shape index (κ2) is 4.55. The Morgan fingerprint density at radius 2 is 2.29 bits per heavy atom. The largest absolute Gasteiger partial charge is 0.481 e. The molecule has 0 saturated carbocycles. The van der Waals surface area contributed by atoms with Crippen LogP contribution in [0.25, 0.3) is 0 Å². The molecule has 1 aliphatic heterocycles. The molecule has 17 heavy (non-hydrogen) atoms. The van der Waals surface area contributed by atoms with E-state index in [2.05, 4.69) is 0 Å². The van der Waals surface area contributed by atoms with Crippen LogP contribution >= 0.6 is 0 Å². The van der Waals surface area contributed by atoms with E-state index in [9.17, 15) is 9.59 Å². The number of benzene rings is 1. The van der Waals surface area contributed by atoms with Gasteiger partial charge >= 0.3 is 5.97 Å². The molecule has 1 unspecified atom stereocenters. The molecule has 1 aromatic carbocycles. The second-order valence-corrected chi connectivity index (χ2v) is 4.21. The maximum atomic E-state index is 11.6. The number of carboxylic acids is 1. The number of amides is 1. The van der Waals surface area contributed by atoms with Gasteiger partial charge in [0.05, 0.1) is 6.42 Å². The first-order valence-electron chi connectivity index (χ1n) is 5.43. The highest BCUT2D eigenvalue weighted by atomic mass is 16.4. The lowest BCUT2D eigenvalue weighted by Gasteiger charge is -2.16. The number of rotatable bonds is 3. The van der Waals surface area contributed by atoms with Crippen LogP contribution in [0, 0.1) is 0 Å². The van der Waals surface area contributed by atoms with Crippen molar-refractivity contribution in [3.63, 3.8) is 0 Å². The van der Waals surface area contributed by atoms with Crippen LogP contribution in [0.1, 0.15) is 12.0 Å². The highest BCUT2D eigenvalue weighted by Gasteiger charge is 2.27. The number of nitrogens with zero attached hydrogens (tertiary/aromatic N) is 1. The van der Waals surface area contributed by atoms with Gasteiger partial charge in [-0.3, -0.25) is 9.59 Å². The van der Waals surface area contributed by atoms with Gasteiger partial charge in [0.25, 0.3) is 0 Å². The summed E-state index contributed by atoms with van der Waals surface area (Å²) in [6.45, 7) is 0.495. The van der Waals surface area contributed by atoms with Crippen molar-refractivity contribution in [1.82, 2.24) is 0 Å². The van der Waals surface area contributed by atoms with Gasteiger partial charge in [0.1, 0.15) is 0 Å². The van der Waals surface area contributed by atoms with Gasteiger partial charge in [-0.25, -0.2) is 0 Å². The molecule has 2 rings (SSSR count). The minimum Gasteiger partial charge on any atom is -0.481 e. The third-order valence-electron chi connectivity index (χ3n) is 2.73. The lowest BCUT2D eigenvalue weighted by atomic mass is 10.1. The van der Waals surface area contributed by atoms with Crippen LogP contribution in [-0.2, 0) is 16.0 Å². The second-order valence-electron chi connectivity index (χ2n) is 4.21. The molecule has 0 bridgehead atoms. The van der Waals surface area contributed by atoms with E-state index in [0.29, 0.717) is 18.5 Å².